The Hall–Kier alpha value is -4.92. The summed E-state index contributed by atoms with van der Waals surface area (Å²) < 4.78 is 14.0. The Balaban J connectivity index is 1.83. The van der Waals surface area contributed by atoms with Gasteiger partial charge in [-0.1, -0.05) is 42.5 Å². The van der Waals surface area contributed by atoms with Gasteiger partial charge in [0.05, 0.1) is 31.5 Å². The first-order chi connectivity index (χ1) is 18.0. The predicted molar refractivity (Wildman–Crippen MR) is 140 cm³/mol. The number of benzene rings is 3. The highest BCUT2D eigenvalue weighted by Gasteiger charge is 2.25. The number of carbonyl (C=O) groups excluding carboxylic acids is 1. The minimum Gasteiger partial charge on any atom is -0.496 e. The summed E-state index contributed by atoms with van der Waals surface area (Å²) in [5.41, 5.74) is 7.90. The number of primary amides is 1. The number of nitrogens with zero attached hydrogens (tertiary/aromatic N) is 4. The summed E-state index contributed by atoms with van der Waals surface area (Å²) in [5.74, 6) is 0.648. The molecule has 186 valence electrons. The van der Waals surface area contributed by atoms with E-state index in [1.54, 1.807) is 43.5 Å². The third-order valence-electron chi connectivity index (χ3n) is 5.94. The van der Waals surface area contributed by atoms with E-state index in [1.165, 1.54) is 9.13 Å². The molecule has 0 spiro atoms. The summed E-state index contributed by atoms with van der Waals surface area (Å²) in [6.45, 7) is 2.63. The van der Waals surface area contributed by atoms with Gasteiger partial charge >= 0.3 is 5.69 Å². The molecular formula is C28H25N5O4. The lowest BCUT2D eigenvalue weighted by Gasteiger charge is -2.10. The van der Waals surface area contributed by atoms with Gasteiger partial charge in [-0.15, -0.1) is 0 Å². The molecule has 2 N–H and O–H groups in total. The fourth-order valence-electron chi connectivity index (χ4n) is 4.28. The van der Waals surface area contributed by atoms with E-state index in [9.17, 15) is 9.59 Å². The first kappa shape index (κ1) is 23.8. The first-order valence-electron chi connectivity index (χ1n) is 11.8. The highest BCUT2D eigenvalue weighted by atomic mass is 16.5. The maximum atomic E-state index is 13.9. The molecule has 37 heavy (non-hydrogen) atoms. The molecule has 0 aliphatic heterocycles. The van der Waals surface area contributed by atoms with Gasteiger partial charge in [0.15, 0.2) is 17.2 Å². The smallest absolute Gasteiger partial charge is 0.335 e. The van der Waals surface area contributed by atoms with Crippen LogP contribution in [0.25, 0.3) is 28.2 Å². The van der Waals surface area contributed by atoms with Crippen LogP contribution in [0.5, 0.6) is 11.5 Å². The number of carbonyl (C=O) groups is 1. The highest BCUT2D eigenvalue weighted by molar-refractivity contribution is 6.02. The number of imidazole rings is 1. The van der Waals surface area contributed by atoms with E-state index in [0.717, 1.165) is 5.56 Å². The monoisotopic (exact) mass is 495 g/mol. The number of methoxy groups -OCH3 is 1. The minimum atomic E-state index is -0.769. The molecule has 2 heterocycles. The van der Waals surface area contributed by atoms with Crippen molar-refractivity contribution in [2.24, 2.45) is 5.73 Å². The van der Waals surface area contributed by atoms with Gasteiger partial charge < -0.3 is 15.2 Å². The van der Waals surface area contributed by atoms with Crippen LogP contribution in [0.15, 0.2) is 83.7 Å². The van der Waals surface area contributed by atoms with Crippen molar-refractivity contribution in [2.45, 2.75) is 13.5 Å². The molecule has 0 bridgehead atoms. The van der Waals surface area contributed by atoms with Gasteiger partial charge in [0.2, 0.25) is 0 Å². The SMILES string of the molecule is CCOc1ccc(-n2c(=O)n(Cc3ccccc3)c3c(C(N)=O)nc(-c4ccccc4OC)nc32)cc1. The quantitative estimate of drug-likeness (QED) is 0.350. The summed E-state index contributed by atoms with van der Waals surface area (Å²) in [6, 6.07) is 23.8. The van der Waals surface area contributed by atoms with Crippen LogP contribution >= 0.6 is 0 Å². The molecular weight excluding hydrogens is 470 g/mol. The van der Waals surface area contributed by atoms with Crippen LogP contribution < -0.4 is 20.9 Å². The maximum absolute atomic E-state index is 13.9. The van der Waals surface area contributed by atoms with Gasteiger partial charge in [-0.25, -0.2) is 19.3 Å². The van der Waals surface area contributed by atoms with Crippen LogP contribution in [0.3, 0.4) is 0 Å². The molecule has 9 nitrogen and oxygen atoms in total. The van der Waals surface area contributed by atoms with E-state index >= 15 is 0 Å². The maximum Gasteiger partial charge on any atom is 0.335 e. The number of rotatable bonds is 8. The molecule has 0 aliphatic carbocycles. The summed E-state index contributed by atoms with van der Waals surface area (Å²) in [6.07, 6.45) is 0. The van der Waals surface area contributed by atoms with Crippen molar-refractivity contribution in [3.63, 3.8) is 0 Å². The van der Waals surface area contributed by atoms with Gasteiger partial charge in [0, 0.05) is 0 Å². The second-order valence-electron chi connectivity index (χ2n) is 8.25. The van der Waals surface area contributed by atoms with Crippen LogP contribution in [-0.2, 0) is 6.54 Å². The molecule has 1 amide bonds. The van der Waals surface area contributed by atoms with Crippen LogP contribution in [-0.4, -0.2) is 38.7 Å². The largest absolute Gasteiger partial charge is 0.496 e. The summed E-state index contributed by atoms with van der Waals surface area (Å²) in [7, 11) is 1.54. The Morgan fingerprint density at radius 1 is 0.946 bits per heavy atom. The molecule has 3 aromatic carbocycles. The van der Waals surface area contributed by atoms with Crippen molar-refractivity contribution in [2.75, 3.05) is 13.7 Å². The zero-order chi connectivity index (χ0) is 25.9. The lowest BCUT2D eigenvalue weighted by molar-refractivity contribution is 0.0997. The van der Waals surface area contributed by atoms with Crippen LogP contribution in [0.2, 0.25) is 0 Å². The van der Waals surface area contributed by atoms with Gasteiger partial charge in [-0.05, 0) is 48.9 Å². The topological polar surface area (TPSA) is 114 Å². The molecule has 9 heteroatoms. The van der Waals surface area contributed by atoms with E-state index in [1.807, 2.05) is 49.4 Å². The number of nitrogens with two attached hydrogens (primary N) is 1. The number of ether oxygens (including phenoxy) is 2. The van der Waals surface area contributed by atoms with Gasteiger partial charge in [0.25, 0.3) is 5.91 Å². The second-order valence-corrected chi connectivity index (χ2v) is 8.25. The molecule has 5 aromatic rings. The normalized spacial score (nSPS) is 11.0. The Morgan fingerprint density at radius 3 is 2.32 bits per heavy atom. The average molecular weight is 496 g/mol. The fourth-order valence-corrected chi connectivity index (χ4v) is 4.28. The summed E-state index contributed by atoms with van der Waals surface area (Å²) in [4.78, 5) is 35.9. The molecule has 0 saturated carbocycles. The number of amides is 1. The molecule has 0 fully saturated rings. The first-order valence-corrected chi connectivity index (χ1v) is 11.8. The zero-order valence-electron chi connectivity index (χ0n) is 20.4. The Morgan fingerprint density at radius 2 is 1.65 bits per heavy atom. The van der Waals surface area contributed by atoms with Crippen molar-refractivity contribution in [1.82, 2.24) is 19.1 Å². The highest BCUT2D eigenvalue weighted by Crippen LogP contribution is 2.30. The van der Waals surface area contributed by atoms with E-state index in [0.29, 0.717) is 29.4 Å². The van der Waals surface area contributed by atoms with Gasteiger partial charge in [0.1, 0.15) is 17.0 Å². The molecule has 5 rings (SSSR count). The predicted octanol–water partition coefficient (Wildman–Crippen LogP) is 3.80. The van der Waals surface area contributed by atoms with Crippen molar-refractivity contribution in [1.29, 1.82) is 0 Å². The van der Waals surface area contributed by atoms with E-state index < -0.39 is 5.91 Å². The molecule has 0 unspecified atom stereocenters. The molecule has 0 aliphatic rings. The van der Waals surface area contributed by atoms with Crippen molar-refractivity contribution in [3.8, 4) is 28.6 Å². The number of para-hydroxylation sites is 1. The summed E-state index contributed by atoms with van der Waals surface area (Å²) >= 11 is 0. The number of hydrogen-bond donors (Lipinski definition) is 1. The van der Waals surface area contributed by atoms with Gasteiger partial charge in [-0.2, -0.15) is 0 Å². The fraction of sp³-hybridized carbons (Fsp3) is 0.143. The molecule has 0 saturated heterocycles. The molecule has 2 aromatic heterocycles. The standard InChI is InChI=1S/C28H25N5O4/c1-3-37-20-15-13-19(14-16-20)33-27-24(32(28(33)35)17-18-9-5-4-6-10-18)23(25(29)34)30-26(31-27)21-11-7-8-12-22(21)36-2/h4-16H,3,17H2,1-2H3,(H2,29,34). The van der Waals surface area contributed by atoms with E-state index in [-0.39, 0.29) is 34.9 Å². The zero-order valence-corrected chi connectivity index (χ0v) is 20.4. The molecule has 0 radical (unpaired) electrons. The second kappa shape index (κ2) is 9.98. The number of aromatic nitrogens is 4. The van der Waals surface area contributed by atoms with Gasteiger partial charge in [-0.3, -0.25) is 9.36 Å². The third kappa shape index (κ3) is 4.42. The van der Waals surface area contributed by atoms with Crippen molar-refractivity contribution >= 4 is 17.1 Å². The Kier molecular flexibility index (Phi) is 6.42. The Labute approximate surface area is 212 Å². The van der Waals surface area contributed by atoms with Crippen LogP contribution in [0.1, 0.15) is 23.0 Å². The number of fused-ring (bicyclic) bond motifs is 1. The Bertz CT molecular complexity index is 1640. The third-order valence-corrected chi connectivity index (χ3v) is 5.94. The molecule has 0 atom stereocenters. The van der Waals surface area contributed by atoms with Crippen molar-refractivity contribution < 1.29 is 14.3 Å². The average Bonchev–Trinajstić information content (AvgIpc) is 3.20. The minimum absolute atomic E-state index is 0.0522. The summed E-state index contributed by atoms with van der Waals surface area (Å²) in [5, 5.41) is 0. The van der Waals surface area contributed by atoms with Crippen molar-refractivity contribution in [3.05, 3.63) is 101 Å². The van der Waals surface area contributed by atoms with Crippen LogP contribution in [0.4, 0.5) is 0 Å². The van der Waals surface area contributed by atoms with E-state index in [2.05, 4.69) is 4.98 Å². The van der Waals surface area contributed by atoms with E-state index in [4.69, 9.17) is 20.2 Å². The lowest BCUT2D eigenvalue weighted by atomic mass is 10.1. The number of hydrogen-bond acceptors (Lipinski definition) is 6. The lowest BCUT2D eigenvalue weighted by Crippen LogP contribution is -2.24. The van der Waals surface area contributed by atoms with Crippen LogP contribution in [0, 0.1) is 0 Å².